The lowest BCUT2D eigenvalue weighted by Gasteiger charge is -2.22. The number of nitrogens with one attached hydrogen (secondary N) is 2. The Morgan fingerprint density at radius 1 is 1.24 bits per heavy atom. The van der Waals surface area contributed by atoms with Crippen molar-refractivity contribution in [2.45, 2.75) is 32.4 Å². The van der Waals surface area contributed by atoms with Gasteiger partial charge in [-0.2, -0.15) is 17.5 Å². The van der Waals surface area contributed by atoms with Crippen LogP contribution in [0.4, 0.5) is 18.9 Å². The Balaban J connectivity index is 1.38. The van der Waals surface area contributed by atoms with Crippen molar-refractivity contribution in [1.82, 2.24) is 24.6 Å². The zero-order valence-corrected chi connectivity index (χ0v) is 19.2. The maximum atomic E-state index is 12.9. The molecule has 1 aliphatic rings. The molecule has 4 heterocycles. The highest BCUT2D eigenvalue weighted by molar-refractivity contribution is 7.06. The standard InChI is InChI=1S/C22H23F3N6O2S/c1-13-20(17(34-31-13)7-16-10-28-18(11-27-16)22(23,24)25)21(32)30-15-4-5-19(29-9-15)33-12-14-3-2-6-26-8-14/h4-5,9-11,14,26H,2-3,6-8,12H2,1H3,(H,30,32)/t14-/m1/s1. The fraction of sp³-hybridized carbons (Fsp3) is 0.409. The molecule has 1 saturated heterocycles. The molecular weight excluding hydrogens is 469 g/mol. The van der Waals surface area contributed by atoms with Gasteiger partial charge in [0.25, 0.3) is 5.91 Å². The van der Waals surface area contributed by atoms with Gasteiger partial charge in [-0.1, -0.05) is 0 Å². The molecule has 3 aromatic heterocycles. The van der Waals surface area contributed by atoms with E-state index in [1.165, 1.54) is 6.20 Å². The van der Waals surface area contributed by atoms with E-state index in [4.69, 9.17) is 4.74 Å². The number of halogens is 3. The van der Waals surface area contributed by atoms with Crippen molar-refractivity contribution in [1.29, 1.82) is 0 Å². The number of amides is 1. The number of alkyl halides is 3. The molecule has 180 valence electrons. The van der Waals surface area contributed by atoms with E-state index in [1.54, 1.807) is 19.1 Å². The van der Waals surface area contributed by atoms with Gasteiger partial charge in [0.2, 0.25) is 5.88 Å². The quantitative estimate of drug-likeness (QED) is 0.516. The Morgan fingerprint density at radius 3 is 2.74 bits per heavy atom. The van der Waals surface area contributed by atoms with Crippen molar-refractivity contribution in [2.24, 2.45) is 5.92 Å². The van der Waals surface area contributed by atoms with Crippen LogP contribution in [0.3, 0.4) is 0 Å². The zero-order chi connectivity index (χ0) is 24.1. The summed E-state index contributed by atoms with van der Waals surface area (Å²) in [5, 5.41) is 6.13. The molecule has 0 spiro atoms. The van der Waals surface area contributed by atoms with Crippen LogP contribution in [0.25, 0.3) is 0 Å². The topological polar surface area (TPSA) is 102 Å². The maximum Gasteiger partial charge on any atom is 0.434 e. The summed E-state index contributed by atoms with van der Waals surface area (Å²) in [6, 6.07) is 3.40. The first-order valence-electron chi connectivity index (χ1n) is 10.7. The average molecular weight is 493 g/mol. The fourth-order valence-corrected chi connectivity index (χ4v) is 4.47. The van der Waals surface area contributed by atoms with Crippen molar-refractivity contribution in [3.63, 3.8) is 0 Å². The van der Waals surface area contributed by atoms with Crippen molar-refractivity contribution in [3.05, 3.63) is 58.2 Å². The van der Waals surface area contributed by atoms with E-state index >= 15 is 0 Å². The third-order valence-electron chi connectivity index (χ3n) is 5.36. The number of ether oxygens (including phenoxy) is 1. The normalized spacial score (nSPS) is 16.3. The van der Waals surface area contributed by atoms with E-state index in [1.807, 2.05) is 0 Å². The van der Waals surface area contributed by atoms with Crippen LogP contribution in [0.15, 0.2) is 30.7 Å². The lowest BCUT2D eigenvalue weighted by molar-refractivity contribution is -0.141. The minimum absolute atomic E-state index is 0.139. The number of carbonyl (C=O) groups is 1. The summed E-state index contributed by atoms with van der Waals surface area (Å²) in [7, 11) is 0. The molecule has 0 aromatic carbocycles. The van der Waals surface area contributed by atoms with Gasteiger partial charge >= 0.3 is 6.18 Å². The van der Waals surface area contributed by atoms with Crippen molar-refractivity contribution in [3.8, 4) is 5.88 Å². The second-order valence-electron chi connectivity index (χ2n) is 8.00. The molecule has 8 nitrogen and oxygen atoms in total. The number of pyridine rings is 1. The third-order valence-corrected chi connectivity index (χ3v) is 6.29. The van der Waals surface area contributed by atoms with Crippen LogP contribution in [0, 0.1) is 12.8 Å². The molecule has 0 unspecified atom stereocenters. The lowest BCUT2D eigenvalue weighted by atomic mass is 10.0. The highest BCUT2D eigenvalue weighted by atomic mass is 32.1. The van der Waals surface area contributed by atoms with Crippen molar-refractivity contribution >= 4 is 23.1 Å². The minimum Gasteiger partial charge on any atom is -0.477 e. The van der Waals surface area contributed by atoms with Gasteiger partial charge in [0.05, 0.1) is 41.6 Å². The summed E-state index contributed by atoms with van der Waals surface area (Å²) >= 11 is 1.10. The first kappa shape index (κ1) is 24.0. The second kappa shape index (κ2) is 10.4. The molecule has 34 heavy (non-hydrogen) atoms. The monoisotopic (exact) mass is 492 g/mol. The Labute approximate surface area is 198 Å². The SMILES string of the molecule is Cc1nsc(Cc2cnc(C(F)(F)F)cn2)c1C(=O)Nc1ccc(OC[C@@H]2CCCNC2)nc1. The number of rotatable bonds is 7. The number of piperidine rings is 1. The molecule has 1 fully saturated rings. The van der Waals surface area contributed by atoms with E-state index in [0.717, 1.165) is 43.7 Å². The third kappa shape index (κ3) is 6.06. The van der Waals surface area contributed by atoms with Gasteiger partial charge in [-0.05, 0) is 43.9 Å². The Kier molecular flexibility index (Phi) is 7.37. The van der Waals surface area contributed by atoms with Crippen LogP contribution in [0.2, 0.25) is 0 Å². The van der Waals surface area contributed by atoms with Gasteiger partial charge in [0, 0.05) is 36.0 Å². The van der Waals surface area contributed by atoms with Gasteiger partial charge in [0.15, 0.2) is 5.69 Å². The molecule has 1 atom stereocenters. The van der Waals surface area contributed by atoms with Gasteiger partial charge in [0.1, 0.15) is 0 Å². The van der Waals surface area contributed by atoms with Crippen LogP contribution in [-0.4, -0.2) is 44.9 Å². The molecule has 3 aromatic rings. The minimum atomic E-state index is -4.56. The molecule has 0 bridgehead atoms. The predicted octanol–water partition coefficient (Wildman–Crippen LogP) is 3.88. The number of anilines is 1. The Bertz CT molecular complexity index is 1110. The van der Waals surface area contributed by atoms with E-state index in [0.29, 0.717) is 52.1 Å². The van der Waals surface area contributed by atoms with Gasteiger partial charge in [-0.25, -0.2) is 9.97 Å². The van der Waals surface area contributed by atoms with E-state index in [2.05, 4.69) is 30.0 Å². The zero-order valence-electron chi connectivity index (χ0n) is 18.4. The number of carbonyl (C=O) groups excluding carboxylic acids is 1. The second-order valence-corrected chi connectivity index (χ2v) is 8.85. The van der Waals surface area contributed by atoms with Crippen LogP contribution < -0.4 is 15.4 Å². The van der Waals surface area contributed by atoms with Crippen LogP contribution in [0.1, 0.15) is 45.2 Å². The van der Waals surface area contributed by atoms with E-state index < -0.39 is 11.9 Å². The molecular formula is C22H23F3N6O2S. The van der Waals surface area contributed by atoms with E-state index in [-0.39, 0.29) is 12.3 Å². The van der Waals surface area contributed by atoms with Gasteiger partial charge < -0.3 is 15.4 Å². The number of aromatic nitrogens is 4. The summed E-state index contributed by atoms with van der Waals surface area (Å²) in [4.78, 5) is 25.0. The molecule has 0 radical (unpaired) electrons. The summed E-state index contributed by atoms with van der Waals surface area (Å²) < 4.78 is 48.1. The first-order valence-corrected chi connectivity index (χ1v) is 11.5. The number of hydrogen-bond acceptors (Lipinski definition) is 8. The summed E-state index contributed by atoms with van der Waals surface area (Å²) in [5.41, 5.74) is 0.609. The van der Waals surface area contributed by atoms with Crippen molar-refractivity contribution < 1.29 is 22.7 Å². The Morgan fingerprint density at radius 2 is 2.09 bits per heavy atom. The lowest BCUT2D eigenvalue weighted by Crippen LogP contribution is -2.33. The molecule has 2 N–H and O–H groups in total. The average Bonchev–Trinajstić information content (AvgIpc) is 3.19. The highest BCUT2D eigenvalue weighted by Crippen LogP contribution is 2.27. The maximum absolute atomic E-state index is 12.9. The smallest absolute Gasteiger partial charge is 0.434 e. The molecule has 1 aliphatic heterocycles. The molecule has 0 aliphatic carbocycles. The fourth-order valence-electron chi connectivity index (χ4n) is 3.59. The van der Waals surface area contributed by atoms with Crippen LogP contribution >= 0.6 is 11.5 Å². The highest BCUT2D eigenvalue weighted by Gasteiger charge is 2.32. The number of nitrogens with zero attached hydrogens (tertiary/aromatic N) is 4. The van der Waals surface area contributed by atoms with Crippen LogP contribution in [-0.2, 0) is 12.6 Å². The molecule has 1 amide bonds. The molecule has 4 rings (SSSR count). The summed E-state index contributed by atoms with van der Waals surface area (Å²) in [6.45, 7) is 4.26. The number of hydrogen-bond donors (Lipinski definition) is 2. The van der Waals surface area contributed by atoms with Crippen LogP contribution in [0.5, 0.6) is 5.88 Å². The van der Waals surface area contributed by atoms with E-state index in [9.17, 15) is 18.0 Å². The van der Waals surface area contributed by atoms with Gasteiger partial charge in [-0.3, -0.25) is 9.78 Å². The first-order chi connectivity index (χ1) is 16.3. The Hall–Kier alpha value is -3.12. The predicted molar refractivity (Wildman–Crippen MR) is 120 cm³/mol. The number of aryl methyl sites for hydroxylation is 1. The largest absolute Gasteiger partial charge is 0.477 e. The van der Waals surface area contributed by atoms with Crippen molar-refractivity contribution in [2.75, 3.05) is 25.0 Å². The molecule has 12 heteroatoms. The summed E-state index contributed by atoms with van der Waals surface area (Å²) in [6.07, 6.45) is 1.10. The molecule has 0 saturated carbocycles. The van der Waals surface area contributed by atoms with Gasteiger partial charge in [-0.15, -0.1) is 0 Å². The summed E-state index contributed by atoms with van der Waals surface area (Å²) in [5.74, 6) is 0.556.